The van der Waals surface area contributed by atoms with Crippen molar-refractivity contribution in [3.8, 4) is 0 Å². The van der Waals surface area contributed by atoms with Gasteiger partial charge in [-0.1, -0.05) is 11.6 Å². The summed E-state index contributed by atoms with van der Waals surface area (Å²) < 4.78 is 0.850. The van der Waals surface area contributed by atoms with Gasteiger partial charge in [-0.25, -0.2) is 0 Å². The largest absolute Gasteiger partial charge is 0.329 e. The molecule has 13 heavy (non-hydrogen) atoms. The maximum Gasteiger partial charge on any atom is 0.0931 e. The summed E-state index contributed by atoms with van der Waals surface area (Å²) in [6.07, 6.45) is 0. The van der Waals surface area contributed by atoms with E-state index in [2.05, 4.69) is 24.9 Å². The molecule has 0 fully saturated rings. The Bertz CT molecular complexity index is 262. The van der Waals surface area contributed by atoms with Crippen molar-refractivity contribution in [3.63, 3.8) is 0 Å². The van der Waals surface area contributed by atoms with Crippen molar-refractivity contribution >= 4 is 22.9 Å². The molecule has 0 spiro atoms. The fourth-order valence-corrected chi connectivity index (χ4v) is 2.35. The number of nitrogens with zero attached hydrogens (tertiary/aromatic N) is 1. The maximum absolute atomic E-state index is 5.86. The Morgan fingerprint density at radius 3 is 2.77 bits per heavy atom. The van der Waals surface area contributed by atoms with Crippen LogP contribution >= 0.6 is 22.9 Å². The van der Waals surface area contributed by atoms with Crippen molar-refractivity contribution in [3.05, 3.63) is 21.3 Å². The quantitative estimate of drug-likeness (QED) is 0.841. The van der Waals surface area contributed by atoms with Crippen LogP contribution in [0.1, 0.15) is 17.8 Å². The highest BCUT2D eigenvalue weighted by molar-refractivity contribution is 7.16. The number of halogens is 1. The minimum Gasteiger partial charge on any atom is -0.329 e. The number of thiophene rings is 1. The van der Waals surface area contributed by atoms with Crippen molar-refractivity contribution in [1.29, 1.82) is 0 Å². The van der Waals surface area contributed by atoms with E-state index >= 15 is 0 Å². The third-order valence-electron chi connectivity index (χ3n) is 2.15. The third kappa shape index (κ3) is 2.95. The Kier molecular flexibility index (Phi) is 4.19. The van der Waals surface area contributed by atoms with Crippen LogP contribution in [0.2, 0.25) is 4.34 Å². The molecule has 1 unspecified atom stereocenters. The predicted octanol–water partition coefficient (Wildman–Crippen LogP) is 2.35. The van der Waals surface area contributed by atoms with Crippen LogP contribution in [-0.4, -0.2) is 25.0 Å². The van der Waals surface area contributed by atoms with E-state index in [9.17, 15) is 0 Å². The van der Waals surface area contributed by atoms with E-state index < -0.39 is 0 Å². The fraction of sp³-hybridized carbons (Fsp3) is 0.556. The lowest BCUT2D eigenvalue weighted by atomic mass is 10.2. The first-order valence-corrected chi connectivity index (χ1v) is 5.50. The van der Waals surface area contributed by atoms with Crippen LogP contribution in [0, 0.1) is 0 Å². The first-order valence-electron chi connectivity index (χ1n) is 4.30. The van der Waals surface area contributed by atoms with Crippen LogP contribution in [0.3, 0.4) is 0 Å². The van der Waals surface area contributed by atoms with E-state index in [1.807, 2.05) is 6.07 Å². The zero-order valence-corrected chi connectivity index (χ0v) is 9.53. The van der Waals surface area contributed by atoms with E-state index in [1.165, 1.54) is 4.88 Å². The van der Waals surface area contributed by atoms with E-state index in [1.54, 1.807) is 11.3 Å². The van der Waals surface area contributed by atoms with Crippen LogP contribution in [0.5, 0.6) is 0 Å². The molecule has 1 aromatic heterocycles. The summed E-state index contributed by atoms with van der Waals surface area (Å²) in [6.45, 7) is 3.77. The molecule has 0 aliphatic rings. The SMILES string of the molecule is CC(c1ccc(Cl)s1)N(C)CCN. The van der Waals surface area contributed by atoms with E-state index in [-0.39, 0.29) is 0 Å². The summed E-state index contributed by atoms with van der Waals surface area (Å²) in [7, 11) is 2.07. The zero-order valence-electron chi connectivity index (χ0n) is 7.96. The first kappa shape index (κ1) is 11.0. The van der Waals surface area contributed by atoms with E-state index in [4.69, 9.17) is 17.3 Å². The molecular formula is C9H15ClN2S. The molecule has 0 saturated heterocycles. The van der Waals surface area contributed by atoms with Gasteiger partial charge in [0.25, 0.3) is 0 Å². The van der Waals surface area contributed by atoms with E-state index in [0.717, 1.165) is 10.9 Å². The maximum atomic E-state index is 5.86. The Morgan fingerprint density at radius 1 is 1.62 bits per heavy atom. The highest BCUT2D eigenvalue weighted by atomic mass is 35.5. The summed E-state index contributed by atoms with van der Waals surface area (Å²) in [5.41, 5.74) is 5.49. The average Bonchev–Trinajstić information content (AvgIpc) is 2.51. The van der Waals surface area contributed by atoms with Gasteiger partial charge in [0.15, 0.2) is 0 Å². The molecule has 4 heteroatoms. The van der Waals surface area contributed by atoms with Gasteiger partial charge < -0.3 is 5.73 Å². The molecule has 1 heterocycles. The Labute approximate surface area is 88.3 Å². The molecule has 0 aliphatic heterocycles. The molecule has 0 saturated carbocycles. The molecule has 1 aromatic rings. The number of nitrogens with two attached hydrogens (primary N) is 1. The van der Waals surface area contributed by atoms with Gasteiger partial charge in [-0.15, -0.1) is 11.3 Å². The van der Waals surface area contributed by atoms with Gasteiger partial charge in [0.05, 0.1) is 4.34 Å². The number of hydrogen-bond donors (Lipinski definition) is 1. The Morgan fingerprint density at radius 2 is 2.31 bits per heavy atom. The van der Waals surface area contributed by atoms with Crippen LogP contribution in [0.25, 0.3) is 0 Å². The molecule has 1 rings (SSSR count). The predicted molar refractivity (Wildman–Crippen MR) is 59.4 cm³/mol. The number of likely N-dealkylation sites (N-methyl/N-ethyl adjacent to an activating group) is 1. The van der Waals surface area contributed by atoms with Crippen molar-refractivity contribution in [1.82, 2.24) is 4.90 Å². The van der Waals surface area contributed by atoms with Crippen molar-refractivity contribution < 1.29 is 0 Å². The summed E-state index contributed by atoms with van der Waals surface area (Å²) in [6, 6.07) is 4.42. The smallest absolute Gasteiger partial charge is 0.0931 e. The topological polar surface area (TPSA) is 29.3 Å². The summed E-state index contributed by atoms with van der Waals surface area (Å²) in [5.74, 6) is 0. The molecule has 1 atom stereocenters. The van der Waals surface area contributed by atoms with Gasteiger partial charge >= 0.3 is 0 Å². The molecule has 0 aliphatic carbocycles. The molecule has 0 amide bonds. The lowest BCUT2D eigenvalue weighted by Crippen LogP contribution is -2.27. The Balaban J connectivity index is 2.61. The second kappa shape index (κ2) is 4.96. The molecule has 0 bridgehead atoms. The standard InChI is InChI=1S/C9H15ClN2S/c1-7(12(2)6-5-11)8-3-4-9(10)13-8/h3-4,7H,5-6,11H2,1-2H3. The van der Waals surface area contributed by atoms with Gasteiger partial charge in [0, 0.05) is 24.0 Å². The van der Waals surface area contributed by atoms with Crippen molar-refractivity contribution in [2.24, 2.45) is 5.73 Å². The second-order valence-corrected chi connectivity index (χ2v) is 4.83. The normalized spacial score (nSPS) is 13.6. The first-order chi connectivity index (χ1) is 6.15. The van der Waals surface area contributed by atoms with Crippen LogP contribution in [-0.2, 0) is 0 Å². The Hall–Kier alpha value is -0.0900. The van der Waals surface area contributed by atoms with Crippen molar-refractivity contribution in [2.75, 3.05) is 20.1 Å². The van der Waals surface area contributed by atoms with Gasteiger partial charge in [0.2, 0.25) is 0 Å². The van der Waals surface area contributed by atoms with Gasteiger partial charge in [-0.3, -0.25) is 4.90 Å². The summed E-state index contributed by atoms with van der Waals surface area (Å²) in [5, 5.41) is 0. The van der Waals surface area contributed by atoms with Gasteiger partial charge in [-0.2, -0.15) is 0 Å². The van der Waals surface area contributed by atoms with Crippen molar-refractivity contribution in [2.45, 2.75) is 13.0 Å². The molecule has 0 aromatic carbocycles. The lowest BCUT2D eigenvalue weighted by Gasteiger charge is -2.22. The fourth-order valence-electron chi connectivity index (χ4n) is 1.17. The average molecular weight is 219 g/mol. The molecule has 2 N–H and O–H groups in total. The minimum absolute atomic E-state index is 0.404. The van der Waals surface area contributed by atoms with Gasteiger partial charge in [-0.05, 0) is 26.1 Å². The zero-order chi connectivity index (χ0) is 9.84. The van der Waals surface area contributed by atoms with Crippen LogP contribution in [0.4, 0.5) is 0 Å². The number of rotatable bonds is 4. The molecule has 0 radical (unpaired) electrons. The highest BCUT2D eigenvalue weighted by Gasteiger charge is 2.12. The highest BCUT2D eigenvalue weighted by Crippen LogP contribution is 2.29. The molecular weight excluding hydrogens is 204 g/mol. The monoisotopic (exact) mass is 218 g/mol. The van der Waals surface area contributed by atoms with Crippen LogP contribution < -0.4 is 5.73 Å². The second-order valence-electron chi connectivity index (χ2n) is 3.09. The lowest BCUT2D eigenvalue weighted by molar-refractivity contribution is 0.272. The van der Waals surface area contributed by atoms with E-state index in [0.29, 0.717) is 12.6 Å². The van der Waals surface area contributed by atoms with Crippen LogP contribution in [0.15, 0.2) is 12.1 Å². The summed E-state index contributed by atoms with van der Waals surface area (Å²) in [4.78, 5) is 3.52. The van der Waals surface area contributed by atoms with Gasteiger partial charge in [0.1, 0.15) is 0 Å². The summed E-state index contributed by atoms with van der Waals surface area (Å²) >= 11 is 7.49. The third-order valence-corrected chi connectivity index (χ3v) is 3.55. The molecule has 2 nitrogen and oxygen atoms in total. The minimum atomic E-state index is 0.404. The number of hydrogen-bond acceptors (Lipinski definition) is 3. The molecule has 74 valence electrons.